The number of likely N-dealkylation sites (N-methyl/N-ethyl adjacent to an activating group) is 1. The van der Waals surface area contributed by atoms with Gasteiger partial charge in [-0.05, 0) is 46.3 Å². The quantitative estimate of drug-likeness (QED) is 0.622. The van der Waals surface area contributed by atoms with E-state index in [1.54, 1.807) is 0 Å². The van der Waals surface area contributed by atoms with Crippen molar-refractivity contribution in [3.05, 3.63) is 0 Å². The van der Waals surface area contributed by atoms with Crippen LogP contribution in [0.15, 0.2) is 0 Å². The van der Waals surface area contributed by atoms with Gasteiger partial charge in [0.15, 0.2) is 0 Å². The summed E-state index contributed by atoms with van der Waals surface area (Å²) in [5, 5.41) is 3.63. The number of rotatable bonds is 8. The summed E-state index contributed by atoms with van der Waals surface area (Å²) in [6.07, 6.45) is 9.62. The molecule has 0 aliphatic heterocycles. The van der Waals surface area contributed by atoms with E-state index in [0.717, 1.165) is 0 Å². The van der Waals surface area contributed by atoms with Crippen LogP contribution in [0.5, 0.6) is 0 Å². The zero-order valence-corrected chi connectivity index (χ0v) is 10.8. The third kappa shape index (κ3) is 3.76. The summed E-state index contributed by atoms with van der Waals surface area (Å²) in [5.41, 5.74) is 0.491. The Morgan fingerprint density at radius 2 is 1.87 bits per heavy atom. The predicted molar refractivity (Wildman–Crippen MR) is 67.3 cm³/mol. The van der Waals surface area contributed by atoms with Crippen molar-refractivity contribution in [2.75, 3.05) is 27.2 Å². The Morgan fingerprint density at radius 1 is 1.13 bits per heavy atom. The van der Waals surface area contributed by atoms with Crippen LogP contribution in [0.4, 0.5) is 0 Å². The van der Waals surface area contributed by atoms with Crippen molar-refractivity contribution in [3.63, 3.8) is 0 Å². The van der Waals surface area contributed by atoms with Crippen molar-refractivity contribution in [2.24, 2.45) is 0 Å². The average Bonchev–Trinajstić information content (AvgIpc) is 2.13. The highest BCUT2D eigenvalue weighted by Gasteiger charge is 2.38. The number of nitrogens with one attached hydrogen (secondary N) is 1. The van der Waals surface area contributed by atoms with Crippen LogP contribution in [0.1, 0.15) is 51.9 Å². The maximum absolute atomic E-state index is 3.63. The minimum absolute atomic E-state index is 0.491. The van der Waals surface area contributed by atoms with Crippen molar-refractivity contribution >= 4 is 0 Å². The molecule has 2 nitrogen and oxygen atoms in total. The van der Waals surface area contributed by atoms with Crippen LogP contribution in [0.3, 0.4) is 0 Å². The van der Waals surface area contributed by atoms with Gasteiger partial charge in [-0.1, -0.05) is 26.2 Å². The van der Waals surface area contributed by atoms with Gasteiger partial charge in [0.25, 0.3) is 0 Å². The minimum Gasteiger partial charge on any atom is -0.315 e. The summed E-state index contributed by atoms with van der Waals surface area (Å²) in [6.45, 7) is 4.66. The van der Waals surface area contributed by atoms with E-state index < -0.39 is 0 Å². The van der Waals surface area contributed by atoms with Crippen LogP contribution in [0.25, 0.3) is 0 Å². The van der Waals surface area contributed by atoms with Crippen LogP contribution < -0.4 is 5.32 Å². The highest BCUT2D eigenvalue weighted by Crippen LogP contribution is 2.35. The van der Waals surface area contributed by atoms with Gasteiger partial charge in [-0.2, -0.15) is 0 Å². The maximum Gasteiger partial charge on any atom is 0.0327 e. The fourth-order valence-electron chi connectivity index (χ4n) is 2.36. The van der Waals surface area contributed by atoms with Crippen molar-refractivity contribution in [1.29, 1.82) is 0 Å². The van der Waals surface area contributed by atoms with E-state index in [0.29, 0.717) is 5.54 Å². The monoisotopic (exact) mass is 212 g/mol. The molecule has 1 aliphatic carbocycles. The zero-order chi connectivity index (χ0) is 11.1. The summed E-state index contributed by atoms with van der Waals surface area (Å²) in [6, 6.07) is 0. The molecule has 0 aromatic carbocycles. The molecular weight excluding hydrogens is 184 g/mol. The van der Waals surface area contributed by atoms with Crippen molar-refractivity contribution in [2.45, 2.75) is 57.4 Å². The van der Waals surface area contributed by atoms with Gasteiger partial charge in [0.1, 0.15) is 0 Å². The summed E-state index contributed by atoms with van der Waals surface area (Å²) < 4.78 is 0. The van der Waals surface area contributed by atoms with Crippen LogP contribution in [-0.2, 0) is 0 Å². The highest BCUT2D eigenvalue weighted by molar-refractivity contribution is 4.97. The molecule has 0 spiro atoms. The van der Waals surface area contributed by atoms with E-state index in [9.17, 15) is 0 Å². The largest absolute Gasteiger partial charge is 0.315 e. The van der Waals surface area contributed by atoms with E-state index in [1.165, 1.54) is 58.0 Å². The molecule has 0 saturated heterocycles. The molecule has 0 unspecified atom stereocenters. The van der Waals surface area contributed by atoms with E-state index in [-0.39, 0.29) is 0 Å². The molecule has 1 N–H and O–H groups in total. The molecular formula is C13H28N2. The smallest absolute Gasteiger partial charge is 0.0327 e. The molecule has 2 heteroatoms. The zero-order valence-electron chi connectivity index (χ0n) is 10.8. The highest BCUT2D eigenvalue weighted by atomic mass is 15.2. The lowest BCUT2D eigenvalue weighted by Gasteiger charge is -2.47. The number of nitrogens with zero attached hydrogens (tertiary/aromatic N) is 1. The molecule has 0 radical (unpaired) electrons. The van der Waals surface area contributed by atoms with Crippen molar-refractivity contribution in [3.8, 4) is 0 Å². The second kappa shape index (κ2) is 6.49. The van der Waals surface area contributed by atoms with Crippen LogP contribution >= 0.6 is 0 Å². The second-order valence-electron chi connectivity index (χ2n) is 5.21. The average molecular weight is 212 g/mol. The molecule has 1 fully saturated rings. The predicted octanol–water partition coefficient (Wildman–Crippen LogP) is 2.64. The second-order valence-corrected chi connectivity index (χ2v) is 5.21. The molecule has 15 heavy (non-hydrogen) atoms. The van der Waals surface area contributed by atoms with E-state index >= 15 is 0 Å². The van der Waals surface area contributed by atoms with Gasteiger partial charge in [0.2, 0.25) is 0 Å². The first-order chi connectivity index (χ1) is 7.21. The van der Waals surface area contributed by atoms with Crippen LogP contribution in [0.2, 0.25) is 0 Å². The molecule has 1 aliphatic rings. The molecule has 0 atom stereocenters. The maximum atomic E-state index is 3.63. The topological polar surface area (TPSA) is 15.3 Å². The molecule has 0 bridgehead atoms. The lowest BCUT2D eigenvalue weighted by molar-refractivity contribution is 0.0602. The number of unbranched alkanes of at least 4 members (excludes halogenated alkanes) is 3. The molecule has 0 amide bonds. The fourth-order valence-corrected chi connectivity index (χ4v) is 2.36. The van der Waals surface area contributed by atoms with E-state index in [2.05, 4.69) is 31.2 Å². The van der Waals surface area contributed by atoms with Gasteiger partial charge in [0, 0.05) is 12.1 Å². The fraction of sp³-hybridized carbons (Fsp3) is 1.00. The van der Waals surface area contributed by atoms with Gasteiger partial charge in [-0.25, -0.2) is 0 Å². The van der Waals surface area contributed by atoms with E-state index in [4.69, 9.17) is 0 Å². The SMILES string of the molecule is CCCCCCNCC1(N(C)C)CCC1. The van der Waals surface area contributed by atoms with Crippen LogP contribution in [-0.4, -0.2) is 37.6 Å². The van der Waals surface area contributed by atoms with Crippen molar-refractivity contribution < 1.29 is 0 Å². The third-order valence-corrected chi connectivity index (χ3v) is 3.89. The number of hydrogen-bond acceptors (Lipinski definition) is 2. The number of hydrogen-bond donors (Lipinski definition) is 1. The van der Waals surface area contributed by atoms with E-state index in [1.807, 2.05) is 0 Å². The lowest BCUT2D eigenvalue weighted by Crippen LogP contribution is -2.56. The molecule has 0 heterocycles. The molecule has 1 rings (SSSR count). The van der Waals surface area contributed by atoms with Crippen LogP contribution in [0, 0.1) is 0 Å². The molecule has 1 saturated carbocycles. The van der Waals surface area contributed by atoms with Gasteiger partial charge < -0.3 is 10.2 Å². The Kier molecular flexibility index (Phi) is 5.62. The Morgan fingerprint density at radius 3 is 2.33 bits per heavy atom. The summed E-state index contributed by atoms with van der Waals surface area (Å²) in [7, 11) is 4.44. The summed E-state index contributed by atoms with van der Waals surface area (Å²) >= 11 is 0. The van der Waals surface area contributed by atoms with Gasteiger partial charge >= 0.3 is 0 Å². The summed E-state index contributed by atoms with van der Waals surface area (Å²) in [5.74, 6) is 0. The molecule has 90 valence electrons. The first kappa shape index (κ1) is 13.0. The summed E-state index contributed by atoms with van der Waals surface area (Å²) in [4.78, 5) is 2.41. The Bertz CT molecular complexity index is 162. The Labute approximate surface area is 95.4 Å². The minimum atomic E-state index is 0.491. The van der Waals surface area contributed by atoms with Gasteiger partial charge in [0.05, 0.1) is 0 Å². The van der Waals surface area contributed by atoms with Gasteiger partial charge in [-0.15, -0.1) is 0 Å². The normalized spacial score (nSPS) is 19.2. The Hall–Kier alpha value is -0.0800. The first-order valence-electron chi connectivity index (χ1n) is 6.59. The Balaban J connectivity index is 2.03. The molecule has 0 aromatic rings. The first-order valence-corrected chi connectivity index (χ1v) is 6.59. The van der Waals surface area contributed by atoms with Crippen molar-refractivity contribution in [1.82, 2.24) is 10.2 Å². The third-order valence-electron chi connectivity index (χ3n) is 3.89. The lowest BCUT2D eigenvalue weighted by atomic mass is 9.75. The van der Waals surface area contributed by atoms with Gasteiger partial charge in [-0.3, -0.25) is 0 Å². The molecule has 0 aromatic heterocycles. The standard InChI is InChI=1S/C13H28N2/c1-4-5-6-7-11-14-12-13(15(2)3)9-8-10-13/h14H,4-12H2,1-3H3.